The number of anilines is 1. The largest absolute Gasteiger partial charge is 0.448 e. The molecule has 0 saturated heterocycles. The summed E-state index contributed by atoms with van der Waals surface area (Å²) in [5, 5.41) is 2.76. The molecule has 1 heterocycles. The standard InChI is InChI=1S/C18H20BrNO3S/c1-5-13-9-16(24-12(13)4)18(22)23-11(3)17(21)20-15-7-6-10(2)8-14(15)19/h6-9,11H,5H2,1-4H3,(H,20,21)/t11-/m0/s1. The second-order valence-corrected chi connectivity index (χ2v) is 7.68. The molecule has 0 unspecified atom stereocenters. The molecule has 24 heavy (non-hydrogen) atoms. The lowest BCUT2D eigenvalue weighted by Gasteiger charge is -2.14. The summed E-state index contributed by atoms with van der Waals surface area (Å²) in [7, 11) is 0. The summed E-state index contributed by atoms with van der Waals surface area (Å²) in [6, 6.07) is 7.45. The first-order valence-electron chi connectivity index (χ1n) is 7.69. The fourth-order valence-electron chi connectivity index (χ4n) is 2.20. The number of hydrogen-bond acceptors (Lipinski definition) is 4. The molecule has 4 nitrogen and oxygen atoms in total. The van der Waals surface area contributed by atoms with E-state index in [2.05, 4.69) is 21.2 Å². The van der Waals surface area contributed by atoms with Gasteiger partial charge in [0.2, 0.25) is 0 Å². The molecule has 6 heteroatoms. The lowest BCUT2D eigenvalue weighted by molar-refractivity contribution is -0.123. The Kier molecular flexibility index (Phi) is 6.18. The van der Waals surface area contributed by atoms with Crippen LogP contribution in [0.2, 0.25) is 0 Å². The van der Waals surface area contributed by atoms with Crippen LogP contribution in [0.4, 0.5) is 5.69 Å². The Morgan fingerprint density at radius 1 is 1.29 bits per heavy atom. The quantitative estimate of drug-likeness (QED) is 0.716. The van der Waals surface area contributed by atoms with Gasteiger partial charge < -0.3 is 10.1 Å². The maximum Gasteiger partial charge on any atom is 0.349 e. The van der Waals surface area contributed by atoms with E-state index in [-0.39, 0.29) is 5.91 Å². The predicted molar refractivity (Wildman–Crippen MR) is 101 cm³/mol. The first kappa shape index (κ1) is 18.7. The number of benzene rings is 1. The molecule has 0 spiro atoms. The van der Waals surface area contributed by atoms with Gasteiger partial charge in [-0.2, -0.15) is 0 Å². The van der Waals surface area contributed by atoms with Crippen LogP contribution in [-0.4, -0.2) is 18.0 Å². The molecule has 2 aromatic rings. The minimum absolute atomic E-state index is 0.364. The molecule has 0 saturated carbocycles. The molecule has 0 fully saturated rings. The van der Waals surface area contributed by atoms with Gasteiger partial charge in [0, 0.05) is 9.35 Å². The number of halogens is 1. The SMILES string of the molecule is CCc1cc(C(=O)O[C@@H](C)C(=O)Nc2ccc(C)cc2Br)sc1C. The van der Waals surface area contributed by atoms with E-state index in [4.69, 9.17) is 4.74 Å². The average Bonchev–Trinajstić information content (AvgIpc) is 2.91. The van der Waals surface area contributed by atoms with Crippen molar-refractivity contribution in [3.63, 3.8) is 0 Å². The van der Waals surface area contributed by atoms with Gasteiger partial charge in [0.1, 0.15) is 4.88 Å². The van der Waals surface area contributed by atoms with Crippen molar-refractivity contribution in [1.82, 2.24) is 0 Å². The number of nitrogens with one attached hydrogen (secondary N) is 1. The summed E-state index contributed by atoms with van der Waals surface area (Å²) < 4.78 is 6.08. The van der Waals surface area contributed by atoms with Crippen LogP contribution in [0.25, 0.3) is 0 Å². The molecule has 1 atom stereocenters. The van der Waals surface area contributed by atoms with E-state index in [9.17, 15) is 9.59 Å². The highest BCUT2D eigenvalue weighted by Gasteiger charge is 2.21. The highest BCUT2D eigenvalue weighted by atomic mass is 79.9. The highest BCUT2D eigenvalue weighted by Crippen LogP contribution is 2.25. The average molecular weight is 410 g/mol. The molecular formula is C18H20BrNO3S. The Morgan fingerprint density at radius 2 is 2.00 bits per heavy atom. The van der Waals surface area contributed by atoms with Crippen LogP contribution in [0.1, 0.15) is 39.5 Å². The Labute approximate surface area is 154 Å². The molecule has 1 aromatic carbocycles. The second-order valence-electron chi connectivity index (χ2n) is 5.57. The number of esters is 1. The van der Waals surface area contributed by atoms with Crippen molar-refractivity contribution < 1.29 is 14.3 Å². The molecule has 0 aliphatic heterocycles. The Morgan fingerprint density at radius 3 is 2.58 bits per heavy atom. The van der Waals surface area contributed by atoms with Crippen LogP contribution < -0.4 is 5.32 Å². The number of hydrogen-bond donors (Lipinski definition) is 1. The van der Waals surface area contributed by atoms with E-state index in [0.29, 0.717) is 10.6 Å². The monoisotopic (exact) mass is 409 g/mol. The number of amides is 1. The molecule has 1 amide bonds. The third kappa shape index (κ3) is 4.45. The van der Waals surface area contributed by atoms with Crippen LogP contribution in [0.15, 0.2) is 28.7 Å². The number of aryl methyl sites for hydroxylation is 3. The molecule has 0 bridgehead atoms. The molecule has 1 N–H and O–H groups in total. The van der Waals surface area contributed by atoms with E-state index >= 15 is 0 Å². The molecule has 0 aliphatic carbocycles. The lowest BCUT2D eigenvalue weighted by atomic mass is 10.2. The fraction of sp³-hybridized carbons (Fsp3) is 0.333. The van der Waals surface area contributed by atoms with Crippen LogP contribution in [0, 0.1) is 13.8 Å². The van der Waals surface area contributed by atoms with Gasteiger partial charge in [0.25, 0.3) is 5.91 Å². The van der Waals surface area contributed by atoms with Gasteiger partial charge in [-0.15, -0.1) is 11.3 Å². The highest BCUT2D eigenvalue weighted by molar-refractivity contribution is 9.10. The van der Waals surface area contributed by atoms with E-state index in [0.717, 1.165) is 26.9 Å². The van der Waals surface area contributed by atoms with E-state index in [1.165, 1.54) is 11.3 Å². The number of thiophene rings is 1. The Balaban J connectivity index is 2.01. The van der Waals surface area contributed by atoms with E-state index in [1.54, 1.807) is 6.92 Å². The van der Waals surface area contributed by atoms with Gasteiger partial charge in [-0.25, -0.2) is 4.79 Å². The van der Waals surface area contributed by atoms with Crippen molar-refractivity contribution >= 4 is 44.8 Å². The smallest absolute Gasteiger partial charge is 0.349 e. The maximum absolute atomic E-state index is 12.2. The van der Waals surface area contributed by atoms with E-state index < -0.39 is 12.1 Å². The van der Waals surface area contributed by atoms with Crippen LogP contribution >= 0.6 is 27.3 Å². The molecule has 0 aliphatic rings. The van der Waals surface area contributed by atoms with Gasteiger partial charge in [-0.05, 0) is 72.4 Å². The number of ether oxygens (including phenoxy) is 1. The van der Waals surface area contributed by atoms with Crippen molar-refractivity contribution in [3.05, 3.63) is 49.6 Å². The van der Waals surface area contributed by atoms with Crippen LogP contribution in [0.3, 0.4) is 0 Å². The lowest BCUT2D eigenvalue weighted by Crippen LogP contribution is -2.29. The normalized spacial score (nSPS) is 11.9. The van der Waals surface area contributed by atoms with Gasteiger partial charge >= 0.3 is 5.97 Å². The van der Waals surface area contributed by atoms with Gasteiger partial charge in [0.05, 0.1) is 5.69 Å². The Hall–Kier alpha value is -1.66. The summed E-state index contributed by atoms with van der Waals surface area (Å²) in [4.78, 5) is 26.1. The summed E-state index contributed by atoms with van der Waals surface area (Å²) in [6.07, 6.45) is -0.00852. The van der Waals surface area contributed by atoms with Gasteiger partial charge in [-0.3, -0.25) is 4.79 Å². The first-order valence-corrected chi connectivity index (χ1v) is 9.30. The second kappa shape index (κ2) is 7.94. The zero-order valence-corrected chi connectivity index (χ0v) is 16.5. The maximum atomic E-state index is 12.2. The minimum Gasteiger partial charge on any atom is -0.448 e. The van der Waals surface area contributed by atoms with Crippen LogP contribution in [0.5, 0.6) is 0 Å². The van der Waals surface area contributed by atoms with Crippen molar-refractivity contribution in [1.29, 1.82) is 0 Å². The Bertz CT molecular complexity index is 770. The zero-order chi connectivity index (χ0) is 17.9. The molecular weight excluding hydrogens is 390 g/mol. The summed E-state index contributed by atoms with van der Waals surface area (Å²) in [5.41, 5.74) is 2.86. The summed E-state index contributed by atoms with van der Waals surface area (Å²) >= 11 is 4.81. The summed E-state index contributed by atoms with van der Waals surface area (Å²) in [6.45, 7) is 7.55. The minimum atomic E-state index is -0.877. The molecule has 128 valence electrons. The number of carbonyl (C=O) groups excluding carboxylic acids is 2. The van der Waals surface area contributed by atoms with Gasteiger partial charge in [-0.1, -0.05) is 13.0 Å². The topological polar surface area (TPSA) is 55.4 Å². The third-order valence-corrected chi connectivity index (χ3v) is 5.37. The predicted octanol–water partition coefficient (Wildman–Crippen LogP) is 4.87. The molecule has 1 aromatic heterocycles. The van der Waals surface area contributed by atoms with Crippen molar-refractivity contribution in [2.24, 2.45) is 0 Å². The van der Waals surface area contributed by atoms with Crippen molar-refractivity contribution in [3.8, 4) is 0 Å². The molecule has 2 rings (SSSR count). The first-order chi connectivity index (χ1) is 11.3. The summed E-state index contributed by atoms with van der Waals surface area (Å²) in [5.74, 6) is -0.828. The van der Waals surface area contributed by atoms with Crippen LogP contribution in [-0.2, 0) is 16.0 Å². The van der Waals surface area contributed by atoms with E-state index in [1.807, 2.05) is 45.0 Å². The number of carbonyl (C=O) groups is 2. The third-order valence-electron chi connectivity index (χ3n) is 3.64. The van der Waals surface area contributed by atoms with Gasteiger partial charge in [0.15, 0.2) is 6.10 Å². The molecule has 0 radical (unpaired) electrons. The van der Waals surface area contributed by atoms with Crippen molar-refractivity contribution in [2.45, 2.75) is 40.2 Å². The van der Waals surface area contributed by atoms with Crippen molar-refractivity contribution in [2.75, 3.05) is 5.32 Å². The zero-order valence-electron chi connectivity index (χ0n) is 14.1. The number of rotatable bonds is 5. The fourth-order valence-corrected chi connectivity index (χ4v) is 3.79.